The van der Waals surface area contributed by atoms with Crippen LogP contribution in [-0.2, 0) is 13.6 Å². The van der Waals surface area contributed by atoms with Crippen LogP contribution in [0.3, 0.4) is 0 Å². The summed E-state index contributed by atoms with van der Waals surface area (Å²) in [5, 5.41) is 10.9. The fourth-order valence-electron chi connectivity index (χ4n) is 4.02. The van der Waals surface area contributed by atoms with E-state index in [9.17, 15) is 9.50 Å². The summed E-state index contributed by atoms with van der Waals surface area (Å²) in [6.07, 6.45) is 2.45. The molecule has 29 heavy (non-hydrogen) atoms. The van der Waals surface area contributed by atoms with E-state index in [1.165, 1.54) is 17.2 Å². The Hall–Kier alpha value is -2.70. The summed E-state index contributed by atoms with van der Waals surface area (Å²) in [4.78, 5) is 8.68. The highest BCUT2D eigenvalue weighted by Crippen LogP contribution is 2.33. The summed E-state index contributed by atoms with van der Waals surface area (Å²) in [5.41, 5.74) is 3.67. The zero-order valence-corrected chi connectivity index (χ0v) is 16.9. The fraction of sp³-hybridized carbons (Fsp3) is 0.348. The van der Waals surface area contributed by atoms with Crippen molar-refractivity contribution < 1.29 is 9.50 Å². The van der Waals surface area contributed by atoms with Crippen LogP contribution in [0.1, 0.15) is 28.6 Å². The molecule has 1 atom stereocenters. The summed E-state index contributed by atoms with van der Waals surface area (Å²) in [7, 11) is 1.83. The predicted molar refractivity (Wildman–Crippen MR) is 112 cm³/mol. The van der Waals surface area contributed by atoms with Crippen molar-refractivity contribution in [2.24, 2.45) is 7.05 Å². The number of benzene rings is 2. The van der Waals surface area contributed by atoms with E-state index in [4.69, 9.17) is 0 Å². The number of imidazole rings is 1. The highest BCUT2D eigenvalue weighted by Gasteiger charge is 2.26. The van der Waals surface area contributed by atoms with Crippen LogP contribution in [0.4, 0.5) is 10.1 Å². The number of piperazine rings is 1. The largest absolute Gasteiger partial charge is 0.380 e. The van der Waals surface area contributed by atoms with Gasteiger partial charge in [0.15, 0.2) is 0 Å². The van der Waals surface area contributed by atoms with Crippen LogP contribution < -0.4 is 4.90 Å². The predicted octanol–water partition coefficient (Wildman–Crippen LogP) is 3.27. The van der Waals surface area contributed by atoms with E-state index in [2.05, 4.69) is 41.1 Å². The molecule has 1 fully saturated rings. The van der Waals surface area contributed by atoms with E-state index >= 15 is 0 Å². The summed E-state index contributed by atoms with van der Waals surface area (Å²) >= 11 is 0. The zero-order valence-electron chi connectivity index (χ0n) is 16.9. The first-order valence-corrected chi connectivity index (χ1v) is 10.00. The molecule has 2 aromatic carbocycles. The van der Waals surface area contributed by atoms with Crippen LogP contribution in [-0.4, -0.2) is 45.7 Å². The van der Waals surface area contributed by atoms with Gasteiger partial charge in [-0.25, -0.2) is 9.37 Å². The van der Waals surface area contributed by atoms with Crippen LogP contribution in [0.15, 0.2) is 54.9 Å². The first-order valence-electron chi connectivity index (χ1n) is 10.00. The SMILES string of the molecule is Cc1ccccc1CN1CCN(c2c(F)cccc2C(O)c2nccn2C)CC1. The van der Waals surface area contributed by atoms with Crippen molar-refractivity contribution in [1.29, 1.82) is 0 Å². The summed E-state index contributed by atoms with van der Waals surface area (Å²) in [5.74, 6) is 0.207. The van der Waals surface area contributed by atoms with Gasteiger partial charge in [-0.3, -0.25) is 4.90 Å². The lowest BCUT2D eigenvalue weighted by atomic mass is 10.0. The van der Waals surface area contributed by atoms with Crippen molar-refractivity contribution in [1.82, 2.24) is 14.5 Å². The highest BCUT2D eigenvalue weighted by molar-refractivity contribution is 5.57. The number of hydrogen-bond acceptors (Lipinski definition) is 4. The number of para-hydroxylation sites is 1. The highest BCUT2D eigenvalue weighted by atomic mass is 19.1. The smallest absolute Gasteiger partial charge is 0.146 e. The molecule has 0 spiro atoms. The van der Waals surface area contributed by atoms with E-state index in [-0.39, 0.29) is 5.82 Å². The molecule has 1 aromatic heterocycles. The molecule has 2 heterocycles. The Morgan fingerprint density at radius 1 is 1.07 bits per heavy atom. The van der Waals surface area contributed by atoms with Gasteiger partial charge in [0.2, 0.25) is 0 Å². The summed E-state index contributed by atoms with van der Waals surface area (Å²) < 4.78 is 16.6. The second-order valence-electron chi connectivity index (χ2n) is 7.67. The lowest BCUT2D eigenvalue weighted by molar-refractivity contribution is 0.205. The maximum atomic E-state index is 14.8. The van der Waals surface area contributed by atoms with E-state index in [1.54, 1.807) is 29.1 Å². The van der Waals surface area contributed by atoms with Crippen LogP contribution in [0.5, 0.6) is 0 Å². The second kappa shape index (κ2) is 8.35. The number of halogens is 1. The molecule has 1 aliphatic heterocycles. The average molecular weight is 394 g/mol. The molecular weight excluding hydrogens is 367 g/mol. The van der Waals surface area contributed by atoms with Gasteiger partial charge in [-0.2, -0.15) is 0 Å². The van der Waals surface area contributed by atoms with Crippen LogP contribution >= 0.6 is 0 Å². The minimum atomic E-state index is -0.967. The topological polar surface area (TPSA) is 44.5 Å². The van der Waals surface area contributed by atoms with Gasteiger partial charge in [0.25, 0.3) is 0 Å². The quantitative estimate of drug-likeness (QED) is 0.721. The molecule has 6 heteroatoms. The molecule has 0 radical (unpaired) electrons. The Bertz CT molecular complexity index is 979. The zero-order chi connectivity index (χ0) is 20.4. The molecule has 1 unspecified atom stereocenters. The van der Waals surface area contributed by atoms with Crippen molar-refractivity contribution in [2.45, 2.75) is 19.6 Å². The standard InChI is InChI=1S/C23H27FN4O/c1-17-6-3-4-7-18(17)16-27-12-14-28(15-13-27)21-19(8-5-9-20(21)24)22(29)23-25-10-11-26(23)2/h3-11,22,29H,12-16H2,1-2H3. The maximum absolute atomic E-state index is 14.8. The van der Waals surface area contributed by atoms with Gasteiger partial charge in [-0.05, 0) is 24.1 Å². The van der Waals surface area contributed by atoms with Gasteiger partial charge in [-0.1, -0.05) is 36.4 Å². The lowest BCUT2D eigenvalue weighted by Crippen LogP contribution is -2.46. The van der Waals surface area contributed by atoms with Crippen LogP contribution in [0, 0.1) is 12.7 Å². The number of aliphatic hydroxyl groups excluding tert-OH is 1. The van der Waals surface area contributed by atoms with Crippen molar-refractivity contribution in [3.63, 3.8) is 0 Å². The van der Waals surface area contributed by atoms with Gasteiger partial charge in [0, 0.05) is 57.7 Å². The molecule has 152 valence electrons. The van der Waals surface area contributed by atoms with E-state index in [0.717, 1.165) is 19.6 Å². The third kappa shape index (κ3) is 4.04. The first kappa shape index (κ1) is 19.6. The van der Waals surface area contributed by atoms with E-state index in [1.807, 2.05) is 11.9 Å². The van der Waals surface area contributed by atoms with Crippen molar-refractivity contribution in [3.8, 4) is 0 Å². The van der Waals surface area contributed by atoms with Crippen molar-refractivity contribution in [3.05, 3.63) is 83.2 Å². The number of aromatic nitrogens is 2. The van der Waals surface area contributed by atoms with E-state index < -0.39 is 6.10 Å². The average Bonchev–Trinajstić information content (AvgIpc) is 3.16. The lowest BCUT2D eigenvalue weighted by Gasteiger charge is -2.37. The minimum Gasteiger partial charge on any atom is -0.380 e. The molecule has 1 N–H and O–H groups in total. The summed E-state index contributed by atoms with van der Waals surface area (Å²) in [6.45, 7) is 6.16. The molecule has 0 amide bonds. The Kier molecular flexibility index (Phi) is 5.65. The van der Waals surface area contributed by atoms with Gasteiger partial charge in [-0.15, -0.1) is 0 Å². The maximum Gasteiger partial charge on any atom is 0.146 e. The number of anilines is 1. The second-order valence-corrected chi connectivity index (χ2v) is 7.67. The monoisotopic (exact) mass is 394 g/mol. The Morgan fingerprint density at radius 2 is 1.83 bits per heavy atom. The van der Waals surface area contributed by atoms with Gasteiger partial charge in [0.1, 0.15) is 17.7 Å². The molecular formula is C23H27FN4O. The molecule has 1 saturated heterocycles. The molecule has 5 nitrogen and oxygen atoms in total. The Labute approximate surface area is 171 Å². The van der Waals surface area contributed by atoms with Crippen LogP contribution in [0.25, 0.3) is 0 Å². The number of rotatable bonds is 5. The molecule has 4 rings (SSSR count). The molecule has 0 saturated carbocycles. The number of nitrogens with zero attached hydrogens (tertiary/aromatic N) is 4. The number of hydrogen-bond donors (Lipinski definition) is 1. The molecule has 1 aliphatic rings. The van der Waals surface area contributed by atoms with Crippen LogP contribution in [0.2, 0.25) is 0 Å². The van der Waals surface area contributed by atoms with E-state index in [0.29, 0.717) is 30.2 Å². The minimum absolute atomic E-state index is 0.303. The number of aliphatic hydroxyl groups is 1. The van der Waals surface area contributed by atoms with Crippen molar-refractivity contribution in [2.75, 3.05) is 31.1 Å². The normalized spacial score (nSPS) is 16.2. The third-order valence-corrected chi connectivity index (χ3v) is 5.76. The van der Waals surface area contributed by atoms with Gasteiger partial charge in [0.05, 0.1) is 5.69 Å². The third-order valence-electron chi connectivity index (χ3n) is 5.76. The molecule has 0 bridgehead atoms. The van der Waals surface area contributed by atoms with Crippen molar-refractivity contribution >= 4 is 5.69 Å². The fourth-order valence-corrected chi connectivity index (χ4v) is 4.02. The molecule has 0 aliphatic carbocycles. The first-order chi connectivity index (χ1) is 14.0. The molecule has 3 aromatic rings. The Morgan fingerprint density at radius 3 is 2.52 bits per heavy atom. The van der Waals surface area contributed by atoms with Gasteiger partial charge < -0.3 is 14.6 Å². The summed E-state index contributed by atoms with van der Waals surface area (Å²) in [6, 6.07) is 13.3. The van der Waals surface area contributed by atoms with Gasteiger partial charge >= 0.3 is 0 Å². The Balaban J connectivity index is 1.51. The number of aryl methyl sites for hydroxylation is 2.